The molecule has 1 aliphatic rings. The van der Waals surface area contributed by atoms with E-state index in [1.807, 2.05) is 0 Å². The van der Waals surface area contributed by atoms with Gasteiger partial charge in [-0.1, -0.05) is 32.8 Å². The standard InChI is InChI=1S/C12H24N2/c1-3-14(10-11(2)9-13)12-7-5-4-6-8-12/h12H,2-10,13H2,1H3. The first kappa shape index (κ1) is 11.7. The zero-order valence-electron chi connectivity index (χ0n) is 9.47. The van der Waals surface area contributed by atoms with Crippen molar-refractivity contribution >= 4 is 0 Å². The van der Waals surface area contributed by atoms with Gasteiger partial charge in [0.1, 0.15) is 0 Å². The van der Waals surface area contributed by atoms with Crippen LogP contribution in [0.25, 0.3) is 0 Å². The van der Waals surface area contributed by atoms with Crippen LogP contribution in [0.2, 0.25) is 0 Å². The molecule has 1 rings (SSSR count). The van der Waals surface area contributed by atoms with Gasteiger partial charge >= 0.3 is 0 Å². The molecule has 0 heterocycles. The van der Waals surface area contributed by atoms with Crippen LogP contribution in [0.15, 0.2) is 12.2 Å². The van der Waals surface area contributed by atoms with Crippen molar-refractivity contribution in [3.8, 4) is 0 Å². The van der Waals surface area contributed by atoms with E-state index >= 15 is 0 Å². The summed E-state index contributed by atoms with van der Waals surface area (Å²) in [6, 6.07) is 0.789. The molecule has 14 heavy (non-hydrogen) atoms. The first-order valence-electron chi connectivity index (χ1n) is 5.88. The maximum absolute atomic E-state index is 5.58. The maximum atomic E-state index is 5.58. The fourth-order valence-electron chi connectivity index (χ4n) is 2.30. The molecule has 0 aromatic heterocycles. The molecule has 0 radical (unpaired) electrons. The molecule has 2 heteroatoms. The first-order valence-corrected chi connectivity index (χ1v) is 5.88. The highest BCUT2D eigenvalue weighted by atomic mass is 15.1. The zero-order valence-corrected chi connectivity index (χ0v) is 9.47. The first-order chi connectivity index (χ1) is 6.77. The number of rotatable bonds is 5. The number of hydrogen-bond acceptors (Lipinski definition) is 2. The Labute approximate surface area is 88.2 Å². The molecule has 0 aliphatic heterocycles. The second kappa shape index (κ2) is 6.20. The van der Waals surface area contributed by atoms with Crippen LogP contribution in [-0.4, -0.2) is 30.6 Å². The van der Waals surface area contributed by atoms with Crippen molar-refractivity contribution in [2.75, 3.05) is 19.6 Å². The molecule has 0 aromatic carbocycles. The minimum Gasteiger partial charge on any atom is -0.327 e. The second-order valence-corrected chi connectivity index (χ2v) is 4.31. The quantitative estimate of drug-likeness (QED) is 0.683. The lowest BCUT2D eigenvalue weighted by molar-refractivity contribution is 0.176. The Kier molecular flexibility index (Phi) is 5.20. The zero-order chi connectivity index (χ0) is 10.4. The van der Waals surface area contributed by atoms with Gasteiger partial charge in [-0.2, -0.15) is 0 Å². The molecule has 2 N–H and O–H groups in total. The van der Waals surface area contributed by atoms with Gasteiger partial charge in [0.25, 0.3) is 0 Å². The van der Waals surface area contributed by atoms with Gasteiger partial charge in [0, 0.05) is 19.1 Å². The van der Waals surface area contributed by atoms with Crippen LogP contribution in [0, 0.1) is 0 Å². The number of likely N-dealkylation sites (N-methyl/N-ethyl adjacent to an activating group) is 1. The van der Waals surface area contributed by atoms with Gasteiger partial charge < -0.3 is 5.73 Å². The van der Waals surface area contributed by atoms with Crippen molar-refractivity contribution in [1.82, 2.24) is 4.90 Å². The lowest BCUT2D eigenvalue weighted by Gasteiger charge is -2.33. The van der Waals surface area contributed by atoms with Gasteiger partial charge in [0.05, 0.1) is 0 Å². The van der Waals surface area contributed by atoms with Gasteiger partial charge in [-0.05, 0) is 25.0 Å². The van der Waals surface area contributed by atoms with Crippen molar-refractivity contribution in [2.45, 2.75) is 45.1 Å². The number of nitrogens with two attached hydrogens (primary N) is 1. The Morgan fingerprint density at radius 3 is 2.50 bits per heavy atom. The lowest BCUT2D eigenvalue weighted by Crippen LogP contribution is -2.38. The topological polar surface area (TPSA) is 29.3 Å². The Balaban J connectivity index is 2.39. The summed E-state index contributed by atoms with van der Waals surface area (Å²) in [4.78, 5) is 2.54. The van der Waals surface area contributed by atoms with Gasteiger partial charge in [-0.25, -0.2) is 0 Å². The van der Waals surface area contributed by atoms with Crippen LogP contribution in [0.1, 0.15) is 39.0 Å². The van der Waals surface area contributed by atoms with Crippen molar-refractivity contribution in [3.05, 3.63) is 12.2 Å². The second-order valence-electron chi connectivity index (χ2n) is 4.31. The van der Waals surface area contributed by atoms with Crippen LogP contribution < -0.4 is 5.73 Å². The molecule has 0 spiro atoms. The Morgan fingerprint density at radius 1 is 1.36 bits per heavy atom. The third-order valence-electron chi connectivity index (χ3n) is 3.21. The normalized spacial score (nSPS) is 18.8. The SMILES string of the molecule is C=C(CN)CN(CC)C1CCCCC1. The number of hydrogen-bond donors (Lipinski definition) is 1. The average molecular weight is 196 g/mol. The summed E-state index contributed by atoms with van der Waals surface area (Å²) in [5, 5.41) is 0. The van der Waals surface area contributed by atoms with Gasteiger partial charge in [0.15, 0.2) is 0 Å². The van der Waals surface area contributed by atoms with Crippen molar-refractivity contribution in [3.63, 3.8) is 0 Å². The van der Waals surface area contributed by atoms with Crippen LogP contribution in [0.5, 0.6) is 0 Å². The van der Waals surface area contributed by atoms with E-state index in [0.29, 0.717) is 6.54 Å². The predicted octanol–water partition coefficient (Wildman–Crippen LogP) is 2.16. The molecule has 1 aliphatic carbocycles. The minimum absolute atomic E-state index is 0.628. The van der Waals surface area contributed by atoms with Crippen LogP contribution in [0.3, 0.4) is 0 Å². The minimum atomic E-state index is 0.628. The summed E-state index contributed by atoms with van der Waals surface area (Å²) in [5.41, 5.74) is 6.74. The molecule has 0 bridgehead atoms. The third kappa shape index (κ3) is 3.43. The van der Waals surface area contributed by atoms with E-state index in [2.05, 4.69) is 18.4 Å². The smallest absolute Gasteiger partial charge is 0.0205 e. The van der Waals surface area contributed by atoms with E-state index in [4.69, 9.17) is 5.73 Å². The fraction of sp³-hybridized carbons (Fsp3) is 0.833. The molecule has 2 nitrogen and oxygen atoms in total. The molecule has 0 aromatic rings. The molecule has 82 valence electrons. The molecular weight excluding hydrogens is 172 g/mol. The highest BCUT2D eigenvalue weighted by Gasteiger charge is 2.19. The average Bonchev–Trinajstić information content (AvgIpc) is 2.26. The largest absolute Gasteiger partial charge is 0.327 e. The summed E-state index contributed by atoms with van der Waals surface area (Å²) < 4.78 is 0. The molecule has 0 amide bonds. The van der Waals surface area contributed by atoms with E-state index in [1.165, 1.54) is 32.1 Å². The van der Waals surface area contributed by atoms with E-state index in [-0.39, 0.29) is 0 Å². The Hall–Kier alpha value is -0.340. The molecule has 1 saturated carbocycles. The van der Waals surface area contributed by atoms with Gasteiger partial charge in [0.2, 0.25) is 0 Å². The Bertz CT molecular complexity index is 171. The van der Waals surface area contributed by atoms with Crippen molar-refractivity contribution in [2.24, 2.45) is 5.73 Å². The van der Waals surface area contributed by atoms with E-state index in [0.717, 1.165) is 24.7 Å². The fourth-order valence-corrected chi connectivity index (χ4v) is 2.30. The summed E-state index contributed by atoms with van der Waals surface area (Å²) in [7, 11) is 0. The van der Waals surface area contributed by atoms with Crippen LogP contribution in [0.4, 0.5) is 0 Å². The highest BCUT2D eigenvalue weighted by Crippen LogP contribution is 2.22. The molecular formula is C12H24N2. The summed E-state index contributed by atoms with van der Waals surface area (Å²) in [5.74, 6) is 0. The number of nitrogens with zero attached hydrogens (tertiary/aromatic N) is 1. The monoisotopic (exact) mass is 196 g/mol. The molecule has 0 saturated heterocycles. The molecule has 0 unspecified atom stereocenters. The summed E-state index contributed by atoms with van der Waals surface area (Å²) >= 11 is 0. The predicted molar refractivity (Wildman–Crippen MR) is 62.3 cm³/mol. The third-order valence-corrected chi connectivity index (χ3v) is 3.21. The van der Waals surface area contributed by atoms with Crippen LogP contribution in [-0.2, 0) is 0 Å². The van der Waals surface area contributed by atoms with E-state index in [1.54, 1.807) is 0 Å². The van der Waals surface area contributed by atoms with Gasteiger partial charge in [-0.3, -0.25) is 4.90 Å². The Morgan fingerprint density at radius 2 is 2.00 bits per heavy atom. The highest BCUT2D eigenvalue weighted by molar-refractivity contribution is 4.99. The molecule has 0 atom stereocenters. The van der Waals surface area contributed by atoms with Crippen LogP contribution >= 0.6 is 0 Å². The van der Waals surface area contributed by atoms with E-state index in [9.17, 15) is 0 Å². The summed E-state index contributed by atoms with van der Waals surface area (Å²) in [6.45, 7) is 8.98. The van der Waals surface area contributed by atoms with Crippen molar-refractivity contribution < 1.29 is 0 Å². The van der Waals surface area contributed by atoms with Gasteiger partial charge in [-0.15, -0.1) is 0 Å². The van der Waals surface area contributed by atoms with Crippen molar-refractivity contribution in [1.29, 1.82) is 0 Å². The molecule has 1 fully saturated rings. The maximum Gasteiger partial charge on any atom is 0.0205 e. The van der Waals surface area contributed by atoms with E-state index < -0.39 is 0 Å². The summed E-state index contributed by atoms with van der Waals surface area (Å²) in [6.07, 6.45) is 6.95. The lowest BCUT2D eigenvalue weighted by atomic mass is 9.94.